The summed E-state index contributed by atoms with van der Waals surface area (Å²) in [6, 6.07) is 12.7. The van der Waals surface area contributed by atoms with Crippen molar-refractivity contribution < 1.29 is 13.2 Å². The molecule has 0 unspecified atom stereocenters. The van der Waals surface area contributed by atoms with Gasteiger partial charge in [-0.05, 0) is 28.8 Å². The first kappa shape index (κ1) is 13.0. The fourth-order valence-corrected chi connectivity index (χ4v) is 2.05. The van der Waals surface area contributed by atoms with Crippen molar-refractivity contribution in [1.82, 2.24) is 0 Å². The first-order valence-corrected chi connectivity index (χ1v) is 6.02. The minimum absolute atomic E-state index is 0.553. The summed E-state index contributed by atoms with van der Waals surface area (Å²) in [4.78, 5) is 0. The average molecular weight is 268 g/mol. The summed E-state index contributed by atoms with van der Waals surface area (Å²) in [6.07, 6.45) is -4.29. The lowest BCUT2D eigenvalue weighted by atomic mass is 9.99. The van der Waals surface area contributed by atoms with E-state index in [0.717, 1.165) is 28.8 Å². The number of rotatable bonds is 2. The molecule has 2 aromatic rings. The van der Waals surface area contributed by atoms with Crippen molar-refractivity contribution >= 4 is 12.6 Å². The lowest BCUT2D eigenvalue weighted by Gasteiger charge is -2.10. The molecule has 0 saturated carbocycles. The highest BCUT2D eigenvalue weighted by molar-refractivity contribution is 7.79. The Balaban J connectivity index is 2.41. The Bertz CT molecular complexity index is 529. The predicted molar refractivity (Wildman–Crippen MR) is 69.6 cm³/mol. The second-order valence-corrected chi connectivity index (χ2v) is 4.21. The quantitative estimate of drug-likeness (QED) is 0.743. The van der Waals surface area contributed by atoms with Gasteiger partial charge in [0.1, 0.15) is 0 Å². The van der Waals surface area contributed by atoms with Gasteiger partial charge in [-0.2, -0.15) is 25.8 Å². The van der Waals surface area contributed by atoms with Gasteiger partial charge in [-0.1, -0.05) is 36.4 Å². The van der Waals surface area contributed by atoms with Crippen LogP contribution in [0.2, 0.25) is 0 Å². The first-order chi connectivity index (χ1) is 8.52. The van der Waals surface area contributed by atoms with Gasteiger partial charge >= 0.3 is 6.18 Å². The second kappa shape index (κ2) is 5.06. The highest BCUT2D eigenvalue weighted by atomic mass is 32.1. The van der Waals surface area contributed by atoms with E-state index in [2.05, 4.69) is 12.6 Å². The van der Waals surface area contributed by atoms with Crippen LogP contribution in [0.25, 0.3) is 11.1 Å². The first-order valence-electron chi connectivity index (χ1n) is 5.39. The van der Waals surface area contributed by atoms with E-state index >= 15 is 0 Å². The van der Waals surface area contributed by atoms with Gasteiger partial charge in [0.2, 0.25) is 0 Å². The van der Waals surface area contributed by atoms with Crippen LogP contribution in [0.5, 0.6) is 0 Å². The summed E-state index contributed by atoms with van der Waals surface area (Å²) in [5, 5.41) is 0. The SMILES string of the molecule is FC(F)(F)c1ccc(-c2ccccc2CS)cc1. The van der Waals surface area contributed by atoms with Crippen LogP contribution in [0.15, 0.2) is 48.5 Å². The average Bonchev–Trinajstić information content (AvgIpc) is 2.38. The molecule has 0 spiro atoms. The van der Waals surface area contributed by atoms with Gasteiger partial charge in [-0.25, -0.2) is 0 Å². The molecule has 0 fully saturated rings. The van der Waals surface area contributed by atoms with Crippen LogP contribution in [0.3, 0.4) is 0 Å². The minimum Gasteiger partial charge on any atom is -0.175 e. The Morgan fingerprint density at radius 3 is 2.06 bits per heavy atom. The van der Waals surface area contributed by atoms with Crippen LogP contribution < -0.4 is 0 Å². The van der Waals surface area contributed by atoms with Crippen LogP contribution in [-0.4, -0.2) is 0 Å². The van der Waals surface area contributed by atoms with E-state index in [9.17, 15) is 13.2 Å². The molecule has 0 heterocycles. The summed E-state index contributed by atoms with van der Waals surface area (Å²) in [7, 11) is 0. The van der Waals surface area contributed by atoms with Gasteiger partial charge in [0.25, 0.3) is 0 Å². The van der Waals surface area contributed by atoms with Crippen molar-refractivity contribution in [1.29, 1.82) is 0 Å². The van der Waals surface area contributed by atoms with E-state index < -0.39 is 11.7 Å². The summed E-state index contributed by atoms with van der Waals surface area (Å²) >= 11 is 4.22. The van der Waals surface area contributed by atoms with Crippen molar-refractivity contribution in [2.45, 2.75) is 11.9 Å². The summed E-state index contributed by atoms with van der Waals surface area (Å²) in [5.41, 5.74) is 2.06. The van der Waals surface area contributed by atoms with Gasteiger partial charge in [0, 0.05) is 5.75 Å². The molecule has 94 valence electrons. The molecule has 2 rings (SSSR count). The molecule has 0 saturated heterocycles. The Kier molecular flexibility index (Phi) is 3.66. The largest absolute Gasteiger partial charge is 0.416 e. The zero-order valence-electron chi connectivity index (χ0n) is 9.41. The van der Waals surface area contributed by atoms with E-state index in [4.69, 9.17) is 0 Å². The molecule has 18 heavy (non-hydrogen) atoms. The molecule has 2 aromatic carbocycles. The summed E-state index contributed by atoms with van der Waals surface area (Å²) in [6.45, 7) is 0. The normalized spacial score (nSPS) is 11.6. The van der Waals surface area contributed by atoms with Crippen LogP contribution >= 0.6 is 12.6 Å². The zero-order valence-corrected chi connectivity index (χ0v) is 10.3. The van der Waals surface area contributed by atoms with Crippen LogP contribution in [0.4, 0.5) is 13.2 Å². The van der Waals surface area contributed by atoms with Gasteiger partial charge < -0.3 is 0 Å². The van der Waals surface area contributed by atoms with Crippen molar-refractivity contribution in [3.05, 3.63) is 59.7 Å². The standard InChI is InChI=1S/C14H11F3S/c15-14(16,17)12-7-5-10(6-8-12)13-4-2-1-3-11(13)9-18/h1-8,18H,9H2. The molecule has 0 N–H and O–H groups in total. The van der Waals surface area contributed by atoms with Crippen molar-refractivity contribution in [2.75, 3.05) is 0 Å². The second-order valence-electron chi connectivity index (χ2n) is 3.89. The van der Waals surface area contributed by atoms with Crippen molar-refractivity contribution in [3.63, 3.8) is 0 Å². The van der Waals surface area contributed by atoms with Crippen molar-refractivity contribution in [3.8, 4) is 11.1 Å². The number of alkyl halides is 3. The molecule has 0 radical (unpaired) electrons. The van der Waals surface area contributed by atoms with Gasteiger partial charge in [-0.15, -0.1) is 0 Å². The van der Waals surface area contributed by atoms with E-state index in [1.165, 1.54) is 12.1 Å². The molecule has 0 aliphatic heterocycles. The highest BCUT2D eigenvalue weighted by Gasteiger charge is 2.29. The molecule has 0 aliphatic rings. The number of hydrogen-bond donors (Lipinski definition) is 1. The van der Waals surface area contributed by atoms with Crippen LogP contribution in [-0.2, 0) is 11.9 Å². The third-order valence-corrected chi connectivity index (χ3v) is 3.05. The van der Waals surface area contributed by atoms with Gasteiger partial charge in [0.15, 0.2) is 0 Å². The Morgan fingerprint density at radius 1 is 0.889 bits per heavy atom. The number of benzene rings is 2. The smallest absolute Gasteiger partial charge is 0.175 e. The number of thiol groups is 1. The lowest BCUT2D eigenvalue weighted by Crippen LogP contribution is -2.04. The molecule has 0 aromatic heterocycles. The zero-order chi connectivity index (χ0) is 13.2. The maximum Gasteiger partial charge on any atom is 0.416 e. The number of hydrogen-bond acceptors (Lipinski definition) is 1. The van der Waals surface area contributed by atoms with Crippen LogP contribution in [0.1, 0.15) is 11.1 Å². The van der Waals surface area contributed by atoms with E-state index in [0.29, 0.717) is 5.75 Å². The molecule has 0 bridgehead atoms. The van der Waals surface area contributed by atoms with Crippen molar-refractivity contribution in [2.24, 2.45) is 0 Å². The summed E-state index contributed by atoms with van der Waals surface area (Å²) < 4.78 is 37.4. The Hall–Kier alpha value is -1.42. The molecule has 0 amide bonds. The van der Waals surface area contributed by atoms with Gasteiger partial charge in [0.05, 0.1) is 5.56 Å². The topological polar surface area (TPSA) is 0 Å². The Morgan fingerprint density at radius 2 is 1.50 bits per heavy atom. The molecule has 0 atom stereocenters. The fourth-order valence-electron chi connectivity index (χ4n) is 1.78. The third kappa shape index (κ3) is 2.70. The lowest BCUT2D eigenvalue weighted by molar-refractivity contribution is -0.137. The molecule has 4 heteroatoms. The maximum atomic E-state index is 12.5. The molecule has 0 nitrogen and oxygen atoms in total. The van der Waals surface area contributed by atoms with E-state index in [1.54, 1.807) is 0 Å². The monoisotopic (exact) mass is 268 g/mol. The maximum absolute atomic E-state index is 12.5. The molecular formula is C14H11F3S. The molecular weight excluding hydrogens is 257 g/mol. The van der Waals surface area contributed by atoms with Gasteiger partial charge in [-0.3, -0.25) is 0 Å². The fraction of sp³-hybridized carbons (Fsp3) is 0.143. The highest BCUT2D eigenvalue weighted by Crippen LogP contribution is 2.32. The Labute approximate surface area is 109 Å². The predicted octanol–water partition coefficient (Wildman–Crippen LogP) is 4.80. The van der Waals surface area contributed by atoms with E-state index in [1.807, 2.05) is 24.3 Å². The number of halogens is 3. The minimum atomic E-state index is -4.29. The summed E-state index contributed by atoms with van der Waals surface area (Å²) in [5.74, 6) is 0.553. The molecule has 0 aliphatic carbocycles. The third-order valence-electron chi connectivity index (χ3n) is 2.71. The van der Waals surface area contributed by atoms with E-state index in [-0.39, 0.29) is 0 Å². The van der Waals surface area contributed by atoms with Crippen LogP contribution in [0, 0.1) is 0 Å².